The smallest absolute Gasteiger partial charge is 0.183 e. The first kappa shape index (κ1) is 13.1. The summed E-state index contributed by atoms with van der Waals surface area (Å²) in [5.41, 5.74) is 5.94. The number of nitrogens with two attached hydrogens (primary N) is 1. The van der Waals surface area contributed by atoms with Gasteiger partial charge in [-0.1, -0.05) is 6.92 Å². The second kappa shape index (κ2) is 5.52. The molecule has 1 saturated carbocycles. The van der Waals surface area contributed by atoms with Gasteiger partial charge in [0.2, 0.25) is 0 Å². The zero-order valence-corrected chi connectivity index (χ0v) is 10.5. The molecule has 0 unspecified atom stereocenters. The van der Waals surface area contributed by atoms with E-state index in [1.54, 1.807) is 0 Å². The molecule has 0 amide bonds. The van der Waals surface area contributed by atoms with E-state index >= 15 is 0 Å². The Morgan fingerprint density at radius 2 is 2.11 bits per heavy atom. The summed E-state index contributed by atoms with van der Waals surface area (Å²) in [7, 11) is 0. The predicted molar refractivity (Wildman–Crippen MR) is 69.5 cm³/mol. The van der Waals surface area contributed by atoms with Gasteiger partial charge in [0.05, 0.1) is 11.4 Å². The minimum atomic E-state index is -0.899. The van der Waals surface area contributed by atoms with E-state index < -0.39 is 11.6 Å². The third-order valence-electron chi connectivity index (χ3n) is 3.30. The average Bonchev–Trinajstić information content (AvgIpc) is 3.18. The fourth-order valence-electron chi connectivity index (χ4n) is 2.11. The van der Waals surface area contributed by atoms with Crippen LogP contribution in [-0.2, 0) is 0 Å². The lowest BCUT2D eigenvalue weighted by Gasteiger charge is -2.20. The molecule has 0 bridgehead atoms. The molecule has 1 aromatic carbocycles. The molecule has 0 heterocycles. The Morgan fingerprint density at radius 3 is 2.72 bits per heavy atom. The highest BCUT2D eigenvalue weighted by atomic mass is 19.2. The molecule has 0 saturated heterocycles. The van der Waals surface area contributed by atoms with E-state index in [0.29, 0.717) is 12.6 Å². The molecule has 1 fully saturated rings. The van der Waals surface area contributed by atoms with Crippen LogP contribution in [0.15, 0.2) is 12.1 Å². The molecular formula is C13H19F2N3. The largest absolute Gasteiger partial charge is 0.397 e. The first-order valence-electron chi connectivity index (χ1n) is 6.35. The number of likely N-dealkylation sites (N-methyl/N-ethyl adjacent to an activating group) is 1. The molecule has 0 radical (unpaired) electrons. The quantitative estimate of drug-likeness (QED) is 0.767. The van der Waals surface area contributed by atoms with Crippen LogP contribution in [0.4, 0.5) is 20.2 Å². The number of benzene rings is 1. The van der Waals surface area contributed by atoms with Gasteiger partial charge in [0.25, 0.3) is 0 Å². The zero-order valence-electron chi connectivity index (χ0n) is 10.5. The number of hydrogen-bond donors (Lipinski definition) is 2. The molecule has 3 nitrogen and oxygen atoms in total. The number of nitrogen functional groups attached to an aromatic ring is 1. The molecule has 0 atom stereocenters. The Bertz CT molecular complexity index is 419. The molecule has 3 N–H and O–H groups in total. The lowest BCUT2D eigenvalue weighted by Crippen LogP contribution is -2.31. The van der Waals surface area contributed by atoms with Crippen LogP contribution in [0.2, 0.25) is 0 Å². The molecule has 5 heteroatoms. The van der Waals surface area contributed by atoms with E-state index in [-0.39, 0.29) is 11.4 Å². The molecular weight excluding hydrogens is 236 g/mol. The maximum absolute atomic E-state index is 13.5. The van der Waals surface area contributed by atoms with Gasteiger partial charge in [0.1, 0.15) is 0 Å². The van der Waals surface area contributed by atoms with Crippen molar-refractivity contribution in [2.45, 2.75) is 25.8 Å². The summed E-state index contributed by atoms with van der Waals surface area (Å²) in [6.07, 6.45) is 2.48. The number of hydrogen-bond acceptors (Lipinski definition) is 3. The molecule has 1 aliphatic carbocycles. The summed E-state index contributed by atoms with van der Waals surface area (Å²) in [6, 6.07) is 3.09. The molecule has 0 spiro atoms. The van der Waals surface area contributed by atoms with E-state index in [0.717, 1.165) is 19.2 Å². The van der Waals surface area contributed by atoms with Crippen molar-refractivity contribution in [1.82, 2.24) is 4.90 Å². The van der Waals surface area contributed by atoms with Gasteiger partial charge in [0.15, 0.2) is 11.6 Å². The maximum atomic E-state index is 13.5. The molecule has 100 valence electrons. The van der Waals surface area contributed by atoms with E-state index in [4.69, 9.17) is 5.73 Å². The highest BCUT2D eigenvalue weighted by molar-refractivity contribution is 5.66. The second-order valence-electron chi connectivity index (χ2n) is 4.61. The van der Waals surface area contributed by atoms with Crippen molar-refractivity contribution in [3.8, 4) is 0 Å². The van der Waals surface area contributed by atoms with Crippen LogP contribution in [0.1, 0.15) is 19.8 Å². The normalized spacial score (nSPS) is 15.1. The van der Waals surface area contributed by atoms with Crippen molar-refractivity contribution in [3.05, 3.63) is 23.8 Å². The monoisotopic (exact) mass is 255 g/mol. The number of anilines is 2. The van der Waals surface area contributed by atoms with E-state index in [9.17, 15) is 8.78 Å². The van der Waals surface area contributed by atoms with Gasteiger partial charge in [0, 0.05) is 19.1 Å². The summed E-state index contributed by atoms with van der Waals surface area (Å²) < 4.78 is 26.6. The highest BCUT2D eigenvalue weighted by Gasteiger charge is 2.27. The standard InChI is InChI=1S/C13H19F2N3/c1-2-18(9-3-4-9)8-7-17-13-11(16)6-5-10(14)12(13)15/h5-6,9,17H,2-4,7-8,16H2,1H3. The van der Waals surface area contributed by atoms with E-state index in [2.05, 4.69) is 17.1 Å². The van der Waals surface area contributed by atoms with Crippen molar-refractivity contribution in [3.63, 3.8) is 0 Å². The van der Waals surface area contributed by atoms with Crippen LogP contribution < -0.4 is 11.1 Å². The van der Waals surface area contributed by atoms with Crippen LogP contribution in [-0.4, -0.2) is 30.6 Å². The summed E-state index contributed by atoms with van der Waals surface area (Å²) in [5, 5.41) is 2.89. The minimum absolute atomic E-state index is 0.0712. The SMILES string of the molecule is CCN(CCNc1c(N)ccc(F)c1F)C1CC1. The number of halogens is 2. The van der Waals surface area contributed by atoms with Gasteiger partial charge >= 0.3 is 0 Å². The summed E-state index contributed by atoms with van der Waals surface area (Å²) in [6.45, 7) is 4.47. The van der Waals surface area contributed by atoms with Crippen molar-refractivity contribution >= 4 is 11.4 Å². The predicted octanol–water partition coefficient (Wildman–Crippen LogP) is 2.44. The lowest BCUT2D eigenvalue weighted by atomic mass is 10.2. The van der Waals surface area contributed by atoms with Crippen molar-refractivity contribution in [2.24, 2.45) is 0 Å². The molecule has 1 aliphatic rings. The molecule has 2 rings (SSSR count). The lowest BCUT2D eigenvalue weighted by molar-refractivity contribution is 0.289. The third-order valence-corrected chi connectivity index (χ3v) is 3.30. The Balaban J connectivity index is 1.91. The zero-order chi connectivity index (χ0) is 13.1. The number of nitrogens with zero attached hydrogens (tertiary/aromatic N) is 1. The van der Waals surface area contributed by atoms with Crippen molar-refractivity contribution < 1.29 is 8.78 Å². The number of nitrogens with one attached hydrogen (secondary N) is 1. The van der Waals surface area contributed by atoms with Crippen LogP contribution in [0.5, 0.6) is 0 Å². The highest BCUT2D eigenvalue weighted by Crippen LogP contribution is 2.27. The Labute approximate surface area is 106 Å². The van der Waals surface area contributed by atoms with Gasteiger partial charge in [-0.05, 0) is 31.5 Å². The van der Waals surface area contributed by atoms with Gasteiger partial charge in [-0.2, -0.15) is 0 Å². The van der Waals surface area contributed by atoms with E-state index in [1.807, 2.05) is 0 Å². The Kier molecular flexibility index (Phi) is 4.01. The van der Waals surface area contributed by atoms with Gasteiger partial charge in [-0.25, -0.2) is 8.78 Å². The van der Waals surface area contributed by atoms with Crippen molar-refractivity contribution in [2.75, 3.05) is 30.7 Å². The minimum Gasteiger partial charge on any atom is -0.397 e. The van der Waals surface area contributed by atoms with Gasteiger partial charge < -0.3 is 11.1 Å². The van der Waals surface area contributed by atoms with Crippen LogP contribution >= 0.6 is 0 Å². The molecule has 1 aromatic rings. The number of rotatable bonds is 6. The first-order chi connectivity index (χ1) is 8.63. The topological polar surface area (TPSA) is 41.3 Å². The molecule has 0 aromatic heterocycles. The van der Waals surface area contributed by atoms with Gasteiger partial charge in [-0.15, -0.1) is 0 Å². The fraction of sp³-hybridized carbons (Fsp3) is 0.538. The maximum Gasteiger partial charge on any atom is 0.183 e. The second-order valence-corrected chi connectivity index (χ2v) is 4.61. The van der Waals surface area contributed by atoms with Crippen LogP contribution in [0.3, 0.4) is 0 Å². The summed E-state index contributed by atoms with van der Waals surface area (Å²) >= 11 is 0. The fourth-order valence-corrected chi connectivity index (χ4v) is 2.11. The van der Waals surface area contributed by atoms with Crippen molar-refractivity contribution in [1.29, 1.82) is 0 Å². The van der Waals surface area contributed by atoms with Gasteiger partial charge in [-0.3, -0.25) is 4.90 Å². The summed E-state index contributed by atoms with van der Waals surface area (Å²) in [4.78, 5) is 2.33. The Hall–Kier alpha value is -1.36. The van der Waals surface area contributed by atoms with Crippen LogP contribution in [0, 0.1) is 11.6 Å². The Morgan fingerprint density at radius 1 is 1.39 bits per heavy atom. The summed E-state index contributed by atoms with van der Waals surface area (Å²) in [5.74, 6) is -1.77. The van der Waals surface area contributed by atoms with Crippen LogP contribution in [0.25, 0.3) is 0 Å². The average molecular weight is 255 g/mol. The van der Waals surface area contributed by atoms with E-state index in [1.165, 1.54) is 18.9 Å². The molecule has 0 aliphatic heterocycles. The molecule has 18 heavy (non-hydrogen) atoms. The first-order valence-corrected chi connectivity index (χ1v) is 6.35. The third kappa shape index (κ3) is 2.90.